The molecule has 1 aliphatic rings. The molecular weight excluding hydrogens is 356 g/mol. The van der Waals surface area contributed by atoms with E-state index in [0.29, 0.717) is 35.3 Å². The maximum Gasteiger partial charge on any atom is 0.349 e. The van der Waals surface area contributed by atoms with E-state index >= 15 is 0 Å². The van der Waals surface area contributed by atoms with Gasteiger partial charge in [0.1, 0.15) is 17.1 Å². The van der Waals surface area contributed by atoms with Gasteiger partial charge in [0, 0.05) is 12.5 Å². The molecule has 0 radical (unpaired) electrons. The van der Waals surface area contributed by atoms with Crippen LogP contribution in [0, 0.1) is 12.8 Å². The van der Waals surface area contributed by atoms with Gasteiger partial charge in [-0.1, -0.05) is 26.0 Å². The summed E-state index contributed by atoms with van der Waals surface area (Å²) in [5, 5.41) is 6.11. The Morgan fingerprint density at radius 2 is 2.14 bits per heavy atom. The van der Waals surface area contributed by atoms with E-state index < -0.39 is 11.5 Å². The van der Waals surface area contributed by atoms with Gasteiger partial charge >= 0.3 is 5.63 Å². The van der Waals surface area contributed by atoms with Crippen LogP contribution in [0.5, 0.6) is 5.75 Å². The maximum absolute atomic E-state index is 12.8. The molecule has 2 aromatic rings. The molecule has 1 amide bonds. The van der Waals surface area contributed by atoms with E-state index in [1.54, 1.807) is 19.1 Å². The van der Waals surface area contributed by atoms with Gasteiger partial charge in [-0.15, -0.1) is 0 Å². The third-order valence-corrected chi connectivity index (χ3v) is 4.80. The van der Waals surface area contributed by atoms with Crippen LogP contribution >= 0.6 is 0 Å². The predicted octanol–water partition coefficient (Wildman–Crippen LogP) is 3.70. The number of hydrogen-bond donors (Lipinski definition) is 2. The van der Waals surface area contributed by atoms with Gasteiger partial charge in [0.2, 0.25) is 0 Å². The smallest absolute Gasteiger partial charge is 0.349 e. The largest absolute Gasteiger partial charge is 0.491 e. The molecule has 1 aromatic heterocycles. The van der Waals surface area contributed by atoms with Crippen LogP contribution in [-0.2, 0) is 0 Å². The molecule has 150 valence electrons. The fourth-order valence-corrected chi connectivity index (χ4v) is 3.34. The van der Waals surface area contributed by atoms with E-state index in [0.717, 1.165) is 25.9 Å². The molecule has 0 aliphatic carbocycles. The summed E-state index contributed by atoms with van der Waals surface area (Å²) in [6, 6.07) is 9.03. The molecule has 0 bridgehead atoms. The van der Waals surface area contributed by atoms with Gasteiger partial charge in [-0.25, -0.2) is 4.79 Å². The highest BCUT2D eigenvalue weighted by atomic mass is 16.5. The molecular formula is C22H28N2O4. The summed E-state index contributed by atoms with van der Waals surface area (Å²) in [7, 11) is 0. The van der Waals surface area contributed by atoms with E-state index in [1.807, 2.05) is 18.2 Å². The van der Waals surface area contributed by atoms with Crippen LogP contribution in [0.1, 0.15) is 54.3 Å². The number of nitrogens with one attached hydrogen (secondary N) is 2. The molecule has 2 N–H and O–H groups in total. The fraction of sp³-hybridized carbons (Fsp3) is 0.455. The summed E-state index contributed by atoms with van der Waals surface area (Å²) in [6.07, 6.45) is 2.02. The highest BCUT2D eigenvalue weighted by Gasteiger charge is 2.23. The van der Waals surface area contributed by atoms with Crippen molar-refractivity contribution in [3.8, 4) is 5.75 Å². The lowest BCUT2D eigenvalue weighted by molar-refractivity contribution is 0.102. The Balaban J connectivity index is 1.81. The molecule has 3 rings (SSSR count). The summed E-state index contributed by atoms with van der Waals surface area (Å²) >= 11 is 0. The van der Waals surface area contributed by atoms with Crippen molar-refractivity contribution in [1.82, 2.24) is 5.32 Å². The van der Waals surface area contributed by atoms with Crippen LogP contribution in [-0.4, -0.2) is 25.6 Å². The average molecular weight is 384 g/mol. The van der Waals surface area contributed by atoms with E-state index in [1.165, 1.54) is 0 Å². The minimum atomic E-state index is -0.598. The number of aryl methyl sites for hydroxylation is 1. The van der Waals surface area contributed by atoms with Crippen LogP contribution < -0.4 is 21.0 Å². The van der Waals surface area contributed by atoms with Gasteiger partial charge in [-0.05, 0) is 56.0 Å². The Morgan fingerprint density at radius 1 is 1.36 bits per heavy atom. The van der Waals surface area contributed by atoms with E-state index in [9.17, 15) is 9.59 Å². The lowest BCUT2D eigenvalue weighted by atomic mass is 9.95. The van der Waals surface area contributed by atoms with Crippen molar-refractivity contribution in [2.45, 2.75) is 39.5 Å². The molecule has 6 heteroatoms. The fourth-order valence-electron chi connectivity index (χ4n) is 3.34. The third-order valence-electron chi connectivity index (χ3n) is 4.80. The van der Waals surface area contributed by atoms with E-state index in [-0.39, 0.29) is 11.5 Å². The monoisotopic (exact) mass is 384 g/mol. The summed E-state index contributed by atoms with van der Waals surface area (Å²) < 4.78 is 11.3. The van der Waals surface area contributed by atoms with Crippen LogP contribution in [0.25, 0.3) is 0 Å². The molecule has 1 aliphatic heterocycles. The molecule has 1 unspecified atom stereocenters. The SMILES string of the molecule is Cc1cc(C2CCCNC2)oc(=O)c1C(=O)Nc1ccccc1OCC(C)C. The van der Waals surface area contributed by atoms with Crippen molar-refractivity contribution in [2.24, 2.45) is 5.92 Å². The number of hydrogen-bond acceptors (Lipinski definition) is 5. The first-order valence-electron chi connectivity index (χ1n) is 9.84. The second kappa shape index (κ2) is 9.06. The van der Waals surface area contributed by atoms with Gasteiger partial charge in [0.15, 0.2) is 0 Å². The number of ether oxygens (including phenoxy) is 1. The minimum Gasteiger partial charge on any atom is -0.491 e. The van der Waals surface area contributed by atoms with Crippen LogP contribution in [0.2, 0.25) is 0 Å². The molecule has 1 atom stereocenters. The van der Waals surface area contributed by atoms with Crippen LogP contribution in [0.15, 0.2) is 39.5 Å². The molecule has 6 nitrogen and oxygen atoms in total. The predicted molar refractivity (Wildman–Crippen MR) is 109 cm³/mol. The van der Waals surface area contributed by atoms with Gasteiger partial charge < -0.3 is 19.8 Å². The van der Waals surface area contributed by atoms with Crippen molar-refractivity contribution < 1.29 is 13.9 Å². The Bertz CT molecular complexity index is 882. The summed E-state index contributed by atoms with van der Waals surface area (Å²) in [6.45, 7) is 8.19. The first kappa shape index (κ1) is 20.1. The quantitative estimate of drug-likeness (QED) is 0.794. The number of rotatable bonds is 6. The van der Waals surface area contributed by atoms with Crippen LogP contribution in [0.3, 0.4) is 0 Å². The average Bonchev–Trinajstić information content (AvgIpc) is 2.67. The Kier molecular flexibility index (Phi) is 6.52. The van der Waals surface area contributed by atoms with Gasteiger partial charge in [0.05, 0.1) is 12.3 Å². The highest BCUT2D eigenvalue weighted by Crippen LogP contribution is 2.26. The zero-order valence-corrected chi connectivity index (χ0v) is 16.7. The van der Waals surface area contributed by atoms with Crippen molar-refractivity contribution in [3.05, 3.63) is 57.6 Å². The molecule has 0 saturated carbocycles. The number of anilines is 1. The minimum absolute atomic E-state index is 0.0335. The molecule has 0 spiro atoms. The van der Waals surface area contributed by atoms with Crippen molar-refractivity contribution in [3.63, 3.8) is 0 Å². The molecule has 28 heavy (non-hydrogen) atoms. The number of carbonyl (C=O) groups is 1. The first-order chi connectivity index (χ1) is 13.5. The number of piperidine rings is 1. The maximum atomic E-state index is 12.8. The zero-order valence-electron chi connectivity index (χ0n) is 16.7. The van der Waals surface area contributed by atoms with Gasteiger partial charge in [0.25, 0.3) is 5.91 Å². The lowest BCUT2D eigenvalue weighted by Gasteiger charge is -2.22. The zero-order chi connectivity index (χ0) is 20.1. The second-order valence-corrected chi connectivity index (χ2v) is 7.69. The van der Waals surface area contributed by atoms with Crippen molar-refractivity contribution in [2.75, 3.05) is 25.0 Å². The van der Waals surface area contributed by atoms with Gasteiger partial charge in [-0.3, -0.25) is 4.79 Å². The number of carbonyl (C=O) groups excluding carboxylic acids is 1. The second-order valence-electron chi connectivity index (χ2n) is 7.69. The van der Waals surface area contributed by atoms with E-state index in [4.69, 9.17) is 9.15 Å². The molecule has 1 saturated heterocycles. The Morgan fingerprint density at radius 3 is 2.82 bits per heavy atom. The van der Waals surface area contributed by atoms with Gasteiger partial charge in [-0.2, -0.15) is 0 Å². The Labute approximate surface area is 165 Å². The van der Waals surface area contributed by atoms with E-state index in [2.05, 4.69) is 24.5 Å². The van der Waals surface area contributed by atoms with Crippen molar-refractivity contribution in [1.29, 1.82) is 0 Å². The van der Waals surface area contributed by atoms with Crippen LogP contribution in [0.4, 0.5) is 5.69 Å². The molecule has 1 fully saturated rings. The number of benzene rings is 1. The Hall–Kier alpha value is -2.60. The number of para-hydroxylation sites is 2. The molecule has 2 heterocycles. The molecule has 1 aromatic carbocycles. The summed E-state index contributed by atoms with van der Waals surface area (Å²) in [4.78, 5) is 25.4. The summed E-state index contributed by atoms with van der Waals surface area (Å²) in [5.74, 6) is 1.27. The standard InChI is InChI=1S/C22H28N2O4/c1-14(2)13-27-18-9-5-4-8-17(18)24-21(25)20-15(3)11-19(28-22(20)26)16-7-6-10-23-12-16/h4-5,8-9,11,14,16,23H,6-7,10,12-13H2,1-3H3,(H,24,25). The third kappa shape index (κ3) is 4.81. The summed E-state index contributed by atoms with van der Waals surface area (Å²) in [5.41, 5.74) is 0.590. The van der Waals surface area contributed by atoms with Crippen molar-refractivity contribution >= 4 is 11.6 Å². The normalized spacial score (nSPS) is 16.8. The first-order valence-corrected chi connectivity index (χ1v) is 9.84. The lowest BCUT2D eigenvalue weighted by Crippen LogP contribution is -2.30. The topological polar surface area (TPSA) is 80.6 Å². The highest BCUT2D eigenvalue weighted by molar-refractivity contribution is 6.05. The number of amides is 1.